The zero-order valence-electron chi connectivity index (χ0n) is 74.3. The summed E-state index contributed by atoms with van der Waals surface area (Å²) in [5.74, 6) is 0. The number of aromatic nitrogens is 1. The van der Waals surface area contributed by atoms with Crippen molar-refractivity contribution in [2.45, 2.75) is 105 Å². The quantitative estimate of drug-likeness (QED) is 0.161. The van der Waals surface area contributed by atoms with Gasteiger partial charge in [0.2, 0.25) is 0 Å². The fourth-order valence-corrected chi connectivity index (χ4v) is 9.94. The molecule has 10 aromatic rings. The minimum atomic E-state index is -2.13. The molecule has 0 saturated heterocycles. The summed E-state index contributed by atoms with van der Waals surface area (Å²) in [5.41, 5.74) is -17.2. The number of hydrogen-bond acceptors (Lipinski definition) is 4. The first kappa shape index (κ1) is 25.7. The molecule has 3 aliphatic rings. The van der Waals surface area contributed by atoms with Gasteiger partial charge in [-0.25, -0.2) is 0 Å². The van der Waals surface area contributed by atoms with Crippen molar-refractivity contribution in [3.8, 4) is 22.9 Å². The summed E-state index contributed by atoms with van der Waals surface area (Å²) in [6.07, 6.45) is 0. The summed E-state index contributed by atoms with van der Waals surface area (Å²) < 4.78 is 297. The van der Waals surface area contributed by atoms with Crippen molar-refractivity contribution < 1.29 is 41.1 Å². The lowest BCUT2D eigenvalue weighted by Crippen LogP contribution is -2.61. The highest BCUT2D eigenvalue weighted by Crippen LogP contribution is 2.54. The molecule has 1 aromatic heterocycles. The van der Waals surface area contributed by atoms with Crippen LogP contribution < -0.4 is 31.1 Å². The smallest absolute Gasteiger partial charge is 0.252 e. The molecule has 0 unspecified atom stereocenters. The standard InChI is InChI=1S/C71H66BN5/c1-68(2,3)47-23-30-51(31-24-47)74(52-32-25-48(26-33-52)69(4,5)6)54-34-35-57-61(42-54)75(53-28-21-46(22-29-53)45-17-14-13-15-18-45)62-37-44(43-73)38-63-65(62)72(57)58-19-16-20-60-67(58)77(63)64-41-50(71(10,11)12)40-56-55-39-49(70(7,8)9)27-36-59(55)76(60)66(56)64/h13-42H,1-12H3/i13D,14D,15D,16D,17D,18D,19D,20D,21D,22D,23D,24D,25D,26D,27D,28D,29D,30D,31D,32D,33D,34D,35D,36D,37D,38D,39D,40D,41D,42D. The first-order valence-electron chi connectivity index (χ1n) is 40.0. The molecule has 0 amide bonds. The predicted molar refractivity (Wildman–Crippen MR) is 328 cm³/mol. The number of para-hydroxylation sites is 1. The summed E-state index contributed by atoms with van der Waals surface area (Å²) in [4.78, 5) is 2.45. The van der Waals surface area contributed by atoms with Crippen LogP contribution in [0, 0.1) is 11.3 Å². The van der Waals surface area contributed by atoms with Crippen molar-refractivity contribution in [3.63, 3.8) is 0 Å². The van der Waals surface area contributed by atoms with Gasteiger partial charge in [-0.3, -0.25) is 0 Å². The SMILES string of the molecule is [2H]c1c([2H])c([2H])c(-c2c([2H])c([2H])c(N3c4c([2H])c(N(c5c([2H])c([2H])c(C(C)(C)C)c([2H])c5[2H])c5c([2H])c([2H])c(C(C)(C)C)c([2H])c5[2H])c([2H])c([2H])c4B4c5c3c([2H])c(C#N)c([2H])c5N3c5c4c([2H])c([2H])c([2H])c5-n4c5c([2H])c([2H])c(C(C)(C)C)c([2H])c5c5c([2H])c(C(C)(C)C)c([2H])c3c54)c([2H])c2[2H])c([2H])c1[2H]. The van der Waals surface area contributed by atoms with Crippen LogP contribution in [0.2, 0.25) is 0 Å². The topological polar surface area (TPSA) is 38.4 Å². The minimum Gasteiger partial charge on any atom is -0.311 e. The molecule has 0 radical (unpaired) electrons. The van der Waals surface area contributed by atoms with Gasteiger partial charge in [0.05, 0.1) is 80.9 Å². The molecular formula is C71H66BN5. The molecule has 378 valence electrons. The Kier molecular flexibility index (Phi) is 5.63. The molecule has 0 bridgehead atoms. The van der Waals surface area contributed by atoms with Crippen LogP contribution in [0.15, 0.2) is 181 Å². The van der Waals surface area contributed by atoms with Crippen molar-refractivity contribution >= 4 is 96.1 Å². The zero-order chi connectivity index (χ0) is 79.8. The maximum atomic E-state index is 11.7. The summed E-state index contributed by atoms with van der Waals surface area (Å²) in [6, 6.07) is -24.6. The first-order chi connectivity index (χ1) is 49.3. The fraction of sp³-hybridized carbons (Fsp3) is 0.225. The van der Waals surface area contributed by atoms with Crippen LogP contribution in [0.5, 0.6) is 0 Å². The molecule has 0 aliphatic carbocycles. The van der Waals surface area contributed by atoms with E-state index in [0.29, 0.717) is 9.80 Å². The third-order valence-corrected chi connectivity index (χ3v) is 13.9. The highest BCUT2D eigenvalue weighted by Gasteiger charge is 2.47. The van der Waals surface area contributed by atoms with Gasteiger partial charge in [-0.2, -0.15) is 5.26 Å². The highest BCUT2D eigenvalue weighted by molar-refractivity contribution is 7.00. The van der Waals surface area contributed by atoms with Gasteiger partial charge in [-0.05, 0) is 162 Å². The zero-order valence-corrected chi connectivity index (χ0v) is 44.3. The van der Waals surface area contributed by atoms with Crippen molar-refractivity contribution in [1.29, 1.82) is 5.26 Å². The van der Waals surface area contributed by atoms with Crippen molar-refractivity contribution in [2.75, 3.05) is 14.7 Å². The second-order valence-electron chi connectivity index (χ2n) is 23.4. The molecule has 0 saturated carbocycles. The Hall–Kier alpha value is -8.27. The average molecular weight is 1030 g/mol. The molecule has 6 heteroatoms. The van der Waals surface area contributed by atoms with E-state index < -0.39 is 282 Å². The van der Waals surface area contributed by atoms with E-state index in [0.717, 1.165) is 0 Å². The third-order valence-electron chi connectivity index (χ3n) is 13.9. The normalized spacial score (nSPS) is 19.1. The van der Waals surface area contributed by atoms with E-state index >= 15 is 0 Å². The van der Waals surface area contributed by atoms with Gasteiger partial charge in [0.25, 0.3) is 6.71 Å². The Bertz CT molecular complexity index is 5730. The molecule has 5 nitrogen and oxygen atoms in total. The molecule has 4 heterocycles. The van der Waals surface area contributed by atoms with Gasteiger partial charge in [0, 0.05) is 50.6 Å². The molecule has 0 atom stereocenters. The van der Waals surface area contributed by atoms with Crippen LogP contribution in [0.4, 0.5) is 51.2 Å². The Balaban J connectivity index is 1.33. The van der Waals surface area contributed by atoms with Crippen LogP contribution in [0.1, 0.15) is 152 Å². The third kappa shape index (κ3) is 7.64. The van der Waals surface area contributed by atoms with E-state index in [4.69, 9.17) is 6.85 Å². The van der Waals surface area contributed by atoms with Crippen LogP contribution >= 0.6 is 0 Å². The van der Waals surface area contributed by atoms with E-state index in [-0.39, 0.29) is 61.8 Å². The van der Waals surface area contributed by atoms with Gasteiger partial charge < -0.3 is 19.3 Å². The molecule has 0 fully saturated rings. The number of benzene rings is 9. The predicted octanol–water partition coefficient (Wildman–Crippen LogP) is 17.4. The summed E-state index contributed by atoms with van der Waals surface area (Å²) in [7, 11) is 0. The number of rotatable bonds is 5. The van der Waals surface area contributed by atoms with Crippen LogP contribution in [0.3, 0.4) is 0 Å². The van der Waals surface area contributed by atoms with Crippen molar-refractivity contribution in [2.24, 2.45) is 0 Å². The van der Waals surface area contributed by atoms with Crippen LogP contribution in [-0.2, 0) is 21.7 Å². The van der Waals surface area contributed by atoms with E-state index in [9.17, 15) is 39.5 Å². The molecule has 9 aromatic carbocycles. The molecule has 0 N–H and O–H groups in total. The van der Waals surface area contributed by atoms with Crippen LogP contribution in [-0.4, -0.2) is 11.3 Å². The molecule has 77 heavy (non-hydrogen) atoms. The Labute approximate surface area is 497 Å². The number of fused-ring (bicyclic) bond motifs is 9. The van der Waals surface area contributed by atoms with E-state index in [1.807, 2.05) is 6.07 Å². The number of nitrogens with zero attached hydrogens (tertiary/aromatic N) is 5. The minimum absolute atomic E-state index is 0.0284. The van der Waals surface area contributed by atoms with Gasteiger partial charge >= 0.3 is 0 Å². The van der Waals surface area contributed by atoms with Gasteiger partial charge in [0.15, 0.2) is 0 Å². The lowest BCUT2D eigenvalue weighted by Gasteiger charge is -2.46. The van der Waals surface area contributed by atoms with Crippen molar-refractivity contribution in [1.82, 2.24) is 4.57 Å². The second-order valence-corrected chi connectivity index (χ2v) is 23.4. The average Bonchev–Trinajstić information content (AvgIpc) is 1.64. The second kappa shape index (κ2) is 16.9. The van der Waals surface area contributed by atoms with Gasteiger partial charge in [-0.15, -0.1) is 0 Å². The first-order valence-corrected chi connectivity index (χ1v) is 25.0. The lowest BCUT2D eigenvalue weighted by atomic mass is 9.33. The van der Waals surface area contributed by atoms with E-state index in [1.54, 1.807) is 83.1 Å². The summed E-state index contributed by atoms with van der Waals surface area (Å²) in [5, 5.41) is 11.4. The van der Waals surface area contributed by atoms with E-state index in [1.165, 1.54) is 9.47 Å². The van der Waals surface area contributed by atoms with Crippen molar-refractivity contribution in [3.05, 3.63) is 209 Å². The summed E-state index contributed by atoms with van der Waals surface area (Å²) >= 11 is 0. The Morgan fingerprint density at radius 3 is 1.60 bits per heavy atom. The largest absolute Gasteiger partial charge is 0.311 e. The number of anilines is 9. The van der Waals surface area contributed by atoms with Gasteiger partial charge in [-0.1, -0.05) is 174 Å². The molecular weight excluding hydrogens is 934 g/mol. The fourth-order valence-electron chi connectivity index (χ4n) is 9.94. The maximum absolute atomic E-state index is 11.7. The lowest BCUT2D eigenvalue weighted by molar-refractivity contribution is 0.590. The monoisotopic (exact) mass is 1030 g/mol. The van der Waals surface area contributed by atoms with Gasteiger partial charge in [0.1, 0.15) is 0 Å². The highest BCUT2D eigenvalue weighted by atomic mass is 15.2. The Morgan fingerprint density at radius 1 is 0.442 bits per heavy atom. The Morgan fingerprint density at radius 2 is 1.00 bits per heavy atom. The maximum Gasteiger partial charge on any atom is 0.252 e. The number of nitriles is 1. The molecule has 3 aliphatic heterocycles. The number of hydrogen-bond donors (Lipinski definition) is 0. The molecule has 0 spiro atoms. The van der Waals surface area contributed by atoms with E-state index in [2.05, 4.69) is 0 Å². The summed E-state index contributed by atoms with van der Waals surface area (Å²) in [6.45, 7) is 17.6. The molecule has 13 rings (SSSR count). The van der Waals surface area contributed by atoms with Crippen LogP contribution in [0.25, 0.3) is 38.6 Å².